The number of ether oxygens (including phenoxy) is 1. The Balaban J connectivity index is 1.75. The Morgan fingerprint density at radius 3 is 2.43 bits per heavy atom. The molecule has 23 heavy (non-hydrogen) atoms. The van der Waals surface area contributed by atoms with Gasteiger partial charge in [0.1, 0.15) is 10.8 Å². The topological polar surface area (TPSA) is 21.3 Å². The first kappa shape index (κ1) is 16.6. The largest absolute Gasteiger partial charge is 0.491 e. The van der Waals surface area contributed by atoms with E-state index in [0.717, 1.165) is 32.4 Å². The van der Waals surface area contributed by atoms with Crippen molar-refractivity contribution < 1.29 is 4.74 Å². The Hall–Kier alpha value is -1.22. The van der Waals surface area contributed by atoms with Crippen molar-refractivity contribution >= 4 is 23.2 Å². The molecule has 0 aromatic heterocycles. The Morgan fingerprint density at radius 1 is 0.957 bits per heavy atom. The minimum absolute atomic E-state index is 0.137. The number of hydrogen-bond donors (Lipinski definition) is 1. The van der Waals surface area contributed by atoms with Gasteiger partial charge in [0.2, 0.25) is 0 Å². The molecular formula is C19H21Cl2NO. The molecule has 2 aromatic rings. The SMILES string of the molecule is Clc1cccc(OCC2(Cc3ccccc3)CCNCC2)c1Cl. The molecule has 0 bridgehead atoms. The fraction of sp³-hybridized carbons (Fsp3) is 0.368. The van der Waals surface area contributed by atoms with Crippen molar-refractivity contribution in [2.45, 2.75) is 19.3 Å². The van der Waals surface area contributed by atoms with E-state index < -0.39 is 0 Å². The number of rotatable bonds is 5. The lowest BCUT2D eigenvalue weighted by atomic mass is 9.75. The van der Waals surface area contributed by atoms with Crippen LogP contribution in [0.15, 0.2) is 48.5 Å². The van der Waals surface area contributed by atoms with Gasteiger partial charge in [0.05, 0.1) is 11.6 Å². The van der Waals surface area contributed by atoms with E-state index in [9.17, 15) is 0 Å². The molecule has 0 spiro atoms. The van der Waals surface area contributed by atoms with Crippen LogP contribution in [0.4, 0.5) is 0 Å². The summed E-state index contributed by atoms with van der Waals surface area (Å²) in [4.78, 5) is 0. The molecular weight excluding hydrogens is 329 g/mol. The standard InChI is InChI=1S/C19H21Cl2NO/c20-16-7-4-8-17(18(16)21)23-14-19(9-11-22-12-10-19)13-15-5-2-1-3-6-15/h1-8,22H,9-14H2. The van der Waals surface area contributed by atoms with Crippen LogP contribution in [0.3, 0.4) is 0 Å². The quantitative estimate of drug-likeness (QED) is 0.821. The first-order valence-electron chi connectivity index (χ1n) is 8.00. The molecule has 3 rings (SSSR count). The summed E-state index contributed by atoms with van der Waals surface area (Å²) in [5, 5.41) is 4.47. The molecule has 0 unspecified atom stereocenters. The highest BCUT2D eigenvalue weighted by molar-refractivity contribution is 6.42. The minimum atomic E-state index is 0.137. The molecule has 0 amide bonds. The zero-order valence-electron chi connectivity index (χ0n) is 13.0. The lowest BCUT2D eigenvalue weighted by Crippen LogP contribution is -2.42. The lowest BCUT2D eigenvalue weighted by molar-refractivity contribution is 0.104. The Bertz CT molecular complexity index is 639. The summed E-state index contributed by atoms with van der Waals surface area (Å²) in [6.07, 6.45) is 3.22. The Morgan fingerprint density at radius 2 is 1.70 bits per heavy atom. The average Bonchev–Trinajstić information content (AvgIpc) is 2.58. The van der Waals surface area contributed by atoms with Crippen LogP contribution in [0.5, 0.6) is 5.75 Å². The van der Waals surface area contributed by atoms with Crippen molar-refractivity contribution in [2.24, 2.45) is 5.41 Å². The molecule has 0 atom stereocenters. The zero-order valence-corrected chi connectivity index (χ0v) is 14.5. The van der Waals surface area contributed by atoms with E-state index in [1.807, 2.05) is 12.1 Å². The molecule has 1 aliphatic heterocycles. The molecule has 0 aliphatic carbocycles. The second kappa shape index (κ2) is 7.57. The number of nitrogens with one attached hydrogen (secondary N) is 1. The van der Waals surface area contributed by atoms with Gasteiger partial charge in [0.15, 0.2) is 0 Å². The first-order chi connectivity index (χ1) is 11.2. The molecule has 122 valence electrons. The molecule has 1 fully saturated rings. The van der Waals surface area contributed by atoms with Gasteiger partial charge in [-0.25, -0.2) is 0 Å². The monoisotopic (exact) mass is 349 g/mol. The van der Waals surface area contributed by atoms with Crippen LogP contribution < -0.4 is 10.1 Å². The van der Waals surface area contributed by atoms with E-state index in [2.05, 4.69) is 35.6 Å². The predicted octanol–water partition coefficient (Wildman–Crippen LogP) is 4.98. The maximum absolute atomic E-state index is 6.25. The van der Waals surface area contributed by atoms with Crippen molar-refractivity contribution in [3.05, 3.63) is 64.1 Å². The second-order valence-electron chi connectivity index (χ2n) is 6.25. The number of piperidine rings is 1. The third kappa shape index (κ3) is 4.20. The fourth-order valence-electron chi connectivity index (χ4n) is 3.18. The molecule has 1 heterocycles. The Labute approximate surface area is 147 Å². The maximum atomic E-state index is 6.25. The molecule has 0 saturated carbocycles. The Kier molecular flexibility index (Phi) is 5.47. The third-order valence-electron chi connectivity index (χ3n) is 4.54. The molecule has 1 saturated heterocycles. The predicted molar refractivity (Wildman–Crippen MR) is 96.6 cm³/mol. The summed E-state index contributed by atoms with van der Waals surface area (Å²) in [5.41, 5.74) is 1.49. The number of halogens is 2. The zero-order chi connectivity index (χ0) is 16.1. The van der Waals surface area contributed by atoms with Crippen LogP contribution in [0.1, 0.15) is 18.4 Å². The average molecular weight is 350 g/mol. The van der Waals surface area contributed by atoms with E-state index in [0.29, 0.717) is 22.4 Å². The summed E-state index contributed by atoms with van der Waals surface area (Å²) < 4.78 is 6.09. The lowest BCUT2D eigenvalue weighted by Gasteiger charge is -2.37. The molecule has 2 aromatic carbocycles. The van der Waals surface area contributed by atoms with Gasteiger partial charge in [-0.3, -0.25) is 0 Å². The second-order valence-corrected chi connectivity index (χ2v) is 7.04. The van der Waals surface area contributed by atoms with Crippen molar-refractivity contribution in [3.63, 3.8) is 0 Å². The fourth-order valence-corrected chi connectivity index (χ4v) is 3.53. The molecule has 1 aliphatic rings. The highest BCUT2D eigenvalue weighted by Crippen LogP contribution is 2.36. The van der Waals surface area contributed by atoms with Crippen LogP contribution in [0, 0.1) is 5.41 Å². The van der Waals surface area contributed by atoms with Crippen LogP contribution in [-0.4, -0.2) is 19.7 Å². The van der Waals surface area contributed by atoms with Crippen LogP contribution in [0.25, 0.3) is 0 Å². The molecule has 1 N–H and O–H groups in total. The van der Waals surface area contributed by atoms with Crippen molar-refractivity contribution in [1.29, 1.82) is 0 Å². The maximum Gasteiger partial charge on any atom is 0.139 e. The van der Waals surface area contributed by atoms with Crippen molar-refractivity contribution in [3.8, 4) is 5.75 Å². The van der Waals surface area contributed by atoms with Gasteiger partial charge >= 0.3 is 0 Å². The summed E-state index contributed by atoms with van der Waals surface area (Å²) in [5.74, 6) is 0.671. The van der Waals surface area contributed by atoms with E-state index >= 15 is 0 Å². The van der Waals surface area contributed by atoms with Gasteiger partial charge in [0.25, 0.3) is 0 Å². The van der Waals surface area contributed by atoms with Gasteiger partial charge in [0, 0.05) is 5.41 Å². The van der Waals surface area contributed by atoms with Gasteiger partial charge in [-0.05, 0) is 50.0 Å². The highest BCUT2D eigenvalue weighted by atomic mass is 35.5. The highest BCUT2D eigenvalue weighted by Gasteiger charge is 2.33. The van der Waals surface area contributed by atoms with Crippen LogP contribution in [-0.2, 0) is 6.42 Å². The summed E-state index contributed by atoms with van der Waals surface area (Å²) in [6.45, 7) is 2.71. The number of benzene rings is 2. The van der Waals surface area contributed by atoms with Crippen molar-refractivity contribution in [2.75, 3.05) is 19.7 Å². The van der Waals surface area contributed by atoms with Gasteiger partial charge in [-0.1, -0.05) is 59.6 Å². The summed E-state index contributed by atoms with van der Waals surface area (Å²) >= 11 is 12.3. The minimum Gasteiger partial charge on any atom is -0.491 e. The molecule has 2 nitrogen and oxygen atoms in total. The van der Waals surface area contributed by atoms with E-state index in [1.165, 1.54) is 5.56 Å². The van der Waals surface area contributed by atoms with Crippen molar-refractivity contribution in [1.82, 2.24) is 5.32 Å². The molecule has 0 radical (unpaired) electrons. The molecule has 4 heteroatoms. The van der Waals surface area contributed by atoms with Gasteiger partial charge < -0.3 is 10.1 Å². The van der Waals surface area contributed by atoms with Crippen LogP contribution >= 0.6 is 23.2 Å². The summed E-state index contributed by atoms with van der Waals surface area (Å²) in [7, 11) is 0. The van der Waals surface area contributed by atoms with E-state index in [-0.39, 0.29) is 5.41 Å². The normalized spacial score (nSPS) is 17.0. The first-order valence-corrected chi connectivity index (χ1v) is 8.76. The smallest absolute Gasteiger partial charge is 0.139 e. The number of hydrogen-bond acceptors (Lipinski definition) is 2. The summed E-state index contributed by atoms with van der Waals surface area (Å²) in [6, 6.07) is 16.2. The van der Waals surface area contributed by atoms with E-state index in [4.69, 9.17) is 27.9 Å². The van der Waals surface area contributed by atoms with Crippen LogP contribution in [0.2, 0.25) is 10.0 Å². The van der Waals surface area contributed by atoms with Gasteiger partial charge in [-0.15, -0.1) is 0 Å². The van der Waals surface area contributed by atoms with E-state index in [1.54, 1.807) is 6.07 Å². The third-order valence-corrected chi connectivity index (χ3v) is 5.34. The van der Waals surface area contributed by atoms with Gasteiger partial charge in [-0.2, -0.15) is 0 Å².